The fourth-order valence-electron chi connectivity index (χ4n) is 2.38. The van der Waals surface area contributed by atoms with E-state index >= 15 is 0 Å². The van der Waals surface area contributed by atoms with Gasteiger partial charge in [0.15, 0.2) is 0 Å². The Balaban J connectivity index is 1.80. The van der Waals surface area contributed by atoms with E-state index in [0.717, 1.165) is 16.7 Å². The second kappa shape index (κ2) is 6.78. The minimum Gasteiger partial charge on any atom is -0.337 e. The number of aromatic nitrogens is 2. The second-order valence-electron chi connectivity index (χ2n) is 5.98. The van der Waals surface area contributed by atoms with E-state index < -0.39 is 16.1 Å². The summed E-state index contributed by atoms with van der Waals surface area (Å²) >= 11 is 0. The van der Waals surface area contributed by atoms with Crippen molar-refractivity contribution in [2.75, 3.05) is 0 Å². The van der Waals surface area contributed by atoms with Crippen LogP contribution in [0.4, 0.5) is 0 Å². The summed E-state index contributed by atoms with van der Waals surface area (Å²) < 4.78 is 32.7. The summed E-state index contributed by atoms with van der Waals surface area (Å²) in [6.45, 7) is 5.54. The molecule has 1 heterocycles. The molecule has 0 amide bonds. The van der Waals surface area contributed by atoms with Crippen molar-refractivity contribution in [1.29, 1.82) is 0 Å². The summed E-state index contributed by atoms with van der Waals surface area (Å²) in [7, 11) is -3.66. The molecular weight excluding hydrogens is 338 g/mol. The van der Waals surface area contributed by atoms with E-state index in [1.807, 2.05) is 38.1 Å². The van der Waals surface area contributed by atoms with Gasteiger partial charge in [-0.05, 0) is 39.0 Å². The van der Waals surface area contributed by atoms with Crippen molar-refractivity contribution in [2.24, 2.45) is 0 Å². The number of nitrogens with one attached hydrogen (secondary N) is 1. The van der Waals surface area contributed by atoms with Gasteiger partial charge >= 0.3 is 0 Å². The van der Waals surface area contributed by atoms with Crippen LogP contribution in [0.2, 0.25) is 0 Å². The molecule has 1 N–H and O–H groups in total. The zero-order chi connectivity index (χ0) is 18.0. The Labute approximate surface area is 147 Å². The molecule has 0 saturated heterocycles. The van der Waals surface area contributed by atoms with E-state index in [1.165, 1.54) is 0 Å². The number of sulfonamides is 1. The van der Waals surface area contributed by atoms with Crippen LogP contribution in [0, 0.1) is 13.8 Å². The molecule has 0 saturated carbocycles. The van der Waals surface area contributed by atoms with Crippen LogP contribution in [0.3, 0.4) is 0 Å². The Morgan fingerprint density at radius 2 is 1.76 bits per heavy atom. The molecule has 25 heavy (non-hydrogen) atoms. The Kier molecular flexibility index (Phi) is 4.69. The van der Waals surface area contributed by atoms with Gasteiger partial charge in [-0.25, -0.2) is 8.42 Å². The quantitative estimate of drug-likeness (QED) is 0.756. The number of nitrogens with zero attached hydrogens (tertiary/aromatic N) is 2. The van der Waals surface area contributed by atoms with Crippen molar-refractivity contribution in [3.8, 4) is 11.4 Å². The van der Waals surface area contributed by atoms with Gasteiger partial charge < -0.3 is 4.52 Å². The monoisotopic (exact) mass is 357 g/mol. The third-order valence-corrected chi connectivity index (χ3v) is 5.31. The Morgan fingerprint density at radius 1 is 1.04 bits per heavy atom. The fraction of sp³-hybridized carbons (Fsp3) is 0.222. The molecule has 0 spiro atoms. The minimum absolute atomic E-state index is 0.198. The van der Waals surface area contributed by atoms with Crippen LogP contribution in [0.15, 0.2) is 57.9 Å². The molecule has 0 aliphatic rings. The first-order valence-electron chi connectivity index (χ1n) is 7.85. The summed E-state index contributed by atoms with van der Waals surface area (Å²) in [6, 6.07) is 13.7. The minimum atomic E-state index is -3.66. The zero-order valence-electron chi connectivity index (χ0n) is 14.2. The molecular formula is C18H19N3O3S. The van der Waals surface area contributed by atoms with Gasteiger partial charge in [0, 0.05) is 5.56 Å². The van der Waals surface area contributed by atoms with Crippen LogP contribution >= 0.6 is 0 Å². The fourth-order valence-corrected chi connectivity index (χ4v) is 3.58. The van der Waals surface area contributed by atoms with Crippen LogP contribution in [0.1, 0.15) is 30.0 Å². The number of benzene rings is 2. The molecule has 130 valence electrons. The lowest BCUT2D eigenvalue weighted by Gasteiger charge is -2.10. The lowest BCUT2D eigenvalue weighted by atomic mass is 10.1. The first kappa shape index (κ1) is 17.3. The van der Waals surface area contributed by atoms with E-state index in [9.17, 15) is 8.42 Å². The molecule has 0 aliphatic carbocycles. The standard InChI is InChI=1S/C18H19N3O3S/c1-12-7-9-16(10-8-12)25(22,23)21-14(3)18-19-17(20-24-18)15-6-4-5-13(2)11-15/h4-11,14,21H,1-3H3/t14-/m0/s1. The molecule has 0 aliphatic heterocycles. The second-order valence-corrected chi connectivity index (χ2v) is 7.70. The van der Waals surface area contributed by atoms with Gasteiger partial charge in [0.05, 0.1) is 10.9 Å². The first-order chi connectivity index (χ1) is 11.8. The Hall–Kier alpha value is -2.51. The highest BCUT2D eigenvalue weighted by Crippen LogP contribution is 2.21. The number of hydrogen-bond donors (Lipinski definition) is 1. The number of rotatable bonds is 5. The number of aryl methyl sites for hydroxylation is 2. The van der Waals surface area contributed by atoms with E-state index in [-0.39, 0.29) is 10.8 Å². The van der Waals surface area contributed by atoms with Crippen molar-refractivity contribution >= 4 is 10.0 Å². The molecule has 2 aromatic carbocycles. The van der Waals surface area contributed by atoms with Crippen molar-refractivity contribution in [1.82, 2.24) is 14.9 Å². The first-order valence-corrected chi connectivity index (χ1v) is 9.33. The molecule has 3 rings (SSSR count). The molecule has 1 atom stereocenters. The van der Waals surface area contributed by atoms with Crippen LogP contribution < -0.4 is 4.72 Å². The maximum Gasteiger partial charge on any atom is 0.244 e. The summed E-state index contributed by atoms with van der Waals surface area (Å²) in [6.07, 6.45) is 0. The highest BCUT2D eigenvalue weighted by atomic mass is 32.2. The molecule has 0 unspecified atom stereocenters. The predicted molar refractivity (Wildman–Crippen MR) is 94.4 cm³/mol. The molecule has 1 aromatic heterocycles. The van der Waals surface area contributed by atoms with Gasteiger partial charge in [-0.2, -0.15) is 9.71 Å². The summed E-state index contributed by atoms with van der Waals surface area (Å²) in [5, 5.41) is 3.94. The maximum atomic E-state index is 12.4. The van der Waals surface area contributed by atoms with E-state index in [1.54, 1.807) is 31.2 Å². The van der Waals surface area contributed by atoms with Gasteiger partial charge in [-0.1, -0.05) is 46.6 Å². The highest BCUT2D eigenvalue weighted by Gasteiger charge is 2.22. The average Bonchev–Trinajstić information content (AvgIpc) is 3.05. The van der Waals surface area contributed by atoms with Crippen LogP contribution in [-0.2, 0) is 10.0 Å². The van der Waals surface area contributed by atoms with Gasteiger partial charge in [0.25, 0.3) is 0 Å². The van der Waals surface area contributed by atoms with E-state index in [2.05, 4.69) is 14.9 Å². The normalized spacial score (nSPS) is 12.9. The van der Waals surface area contributed by atoms with Crippen LogP contribution in [-0.4, -0.2) is 18.6 Å². The van der Waals surface area contributed by atoms with Gasteiger partial charge in [-0.15, -0.1) is 0 Å². The maximum absolute atomic E-state index is 12.4. The highest BCUT2D eigenvalue weighted by molar-refractivity contribution is 7.89. The topological polar surface area (TPSA) is 85.1 Å². The molecule has 7 heteroatoms. The van der Waals surface area contributed by atoms with Crippen LogP contribution in [0.5, 0.6) is 0 Å². The predicted octanol–water partition coefficient (Wildman–Crippen LogP) is 3.39. The van der Waals surface area contributed by atoms with Crippen molar-refractivity contribution < 1.29 is 12.9 Å². The Bertz CT molecular complexity index is 979. The van der Waals surface area contributed by atoms with Gasteiger partial charge in [0.2, 0.25) is 21.7 Å². The SMILES string of the molecule is Cc1ccc(S(=O)(=O)N[C@@H](C)c2nc(-c3cccc(C)c3)no2)cc1. The van der Waals surface area contributed by atoms with E-state index in [0.29, 0.717) is 5.82 Å². The van der Waals surface area contributed by atoms with E-state index in [4.69, 9.17) is 4.52 Å². The number of hydrogen-bond acceptors (Lipinski definition) is 5. The van der Waals surface area contributed by atoms with Crippen LogP contribution in [0.25, 0.3) is 11.4 Å². The summed E-state index contributed by atoms with van der Waals surface area (Å²) in [5.41, 5.74) is 2.90. The molecule has 6 nitrogen and oxygen atoms in total. The lowest BCUT2D eigenvalue weighted by Crippen LogP contribution is -2.27. The third kappa shape index (κ3) is 3.94. The average molecular weight is 357 g/mol. The summed E-state index contributed by atoms with van der Waals surface area (Å²) in [4.78, 5) is 4.51. The van der Waals surface area contributed by atoms with Crippen molar-refractivity contribution in [3.63, 3.8) is 0 Å². The largest absolute Gasteiger partial charge is 0.337 e. The zero-order valence-corrected chi connectivity index (χ0v) is 15.0. The Morgan fingerprint density at radius 3 is 2.44 bits per heavy atom. The molecule has 0 bridgehead atoms. The molecule has 0 radical (unpaired) electrons. The molecule has 3 aromatic rings. The van der Waals surface area contributed by atoms with Crippen molar-refractivity contribution in [2.45, 2.75) is 31.7 Å². The van der Waals surface area contributed by atoms with Crippen molar-refractivity contribution in [3.05, 3.63) is 65.5 Å². The molecule has 0 fully saturated rings. The van der Waals surface area contributed by atoms with Gasteiger partial charge in [0.1, 0.15) is 0 Å². The lowest BCUT2D eigenvalue weighted by molar-refractivity contribution is 0.354. The smallest absolute Gasteiger partial charge is 0.244 e. The van der Waals surface area contributed by atoms with Gasteiger partial charge in [-0.3, -0.25) is 0 Å². The summed E-state index contributed by atoms with van der Waals surface area (Å²) in [5.74, 6) is 0.646. The third-order valence-electron chi connectivity index (χ3n) is 3.75.